The van der Waals surface area contributed by atoms with E-state index in [9.17, 15) is 9.59 Å². The Balaban J connectivity index is 1.81. The third kappa shape index (κ3) is 4.11. The summed E-state index contributed by atoms with van der Waals surface area (Å²) < 4.78 is 4.78. The van der Waals surface area contributed by atoms with Crippen LogP contribution in [0.25, 0.3) is 22.2 Å². The summed E-state index contributed by atoms with van der Waals surface area (Å²) in [7, 11) is 1.31. The summed E-state index contributed by atoms with van der Waals surface area (Å²) in [6.07, 6.45) is 3.35. The molecule has 0 atom stereocenters. The molecular weight excluding hydrogens is 414 g/mol. The van der Waals surface area contributed by atoms with Crippen molar-refractivity contribution in [2.75, 3.05) is 12.4 Å². The fourth-order valence-corrected chi connectivity index (χ4v) is 3.47. The molecule has 4 rings (SSSR count). The van der Waals surface area contributed by atoms with Gasteiger partial charge < -0.3 is 10.1 Å². The molecule has 0 saturated carbocycles. The molecule has 0 aliphatic rings. The minimum Gasteiger partial charge on any atom is -0.465 e. The molecule has 0 spiro atoms. The van der Waals surface area contributed by atoms with Crippen molar-refractivity contribution >= 4 is 40.1 Å². The highest BCUT2D eigenvalue weighted by Gasteiger charge is 2.17. The van der Waals surface area contributed by atoms with Gasteiger partial charge in [-0.3, -0.25) is 9.78 Å². The smallest absolute Gasteiger partial charge is 0.337 e. The van der Waals surface area contributed by atoms with Gasteiger partial charge in [0, 0.05) is 29.0 Å². The first-order valence-electron chi connectivity index (χ1n) is 9.48. The zero-order chi connectivity index (χ0) is 22.0. The van der Waals surface area contributed by atoms with Crippen LogP contribution in [-0.2, 0) is 4.74 Å². The van der Waals surface area contributed by atoms with E-state index in [2.05, 4.69) is 15.3 Å². The standard InChI is InChI=1S/C24H18ClN3O3/c1-14-8-9-15(24(30)31-2)11-20(14)28-23(29)18-12-21(16-5-4-10-26-13-16)27-22-17(18)6-3-7-19(22)25/h3-13H,1-2H3,(H,28,29). The number of pyridine rings is 2. The molecule has 0 saturated heterocycles. The second-order valence-electron chi connectivity index (χ2n) is 6.91. The highest BCUT2D eigenvalue weighted by atomic mass is 35.5. The third-order valence-electron chi connectivity index (χ3n) is 4.90. The third-order valence-corrected chi connectivity index (χ3v) is 5.20. The number of nitrogens with zero attached hydrogens (tertiary/aromatic N) is 2. The lowest BCUT2D eigenvalue weighted by molar-refractivity contribution is 0.0600. The van der Waals surface area contributed by atoms with Crippen LogP contribution in [-0.4, -0.2) is 29.0 Å². The number of carbonyl (C=O) groups excluding carboxylic acids is 2. The molecule has 1 N–H and O–H groups in total. The molecule has 0 bridgehead atoms. The van der Waals surface area contributed by atoms with E-state index in [0.717, 1.165) is 11.1 Å². The quantitative estimate of drug-likeness (QED) is 0.443. The summed E-state index contributed by atoms with van der Waals surface area (Å²) in [6.45, 7) is 1.85. The van der Waals surface area contributed by atoms with Gasteiger partial charge in [-0.25, -0.2) is 9.78 Å². The van der Waals surface area contributed by atoms with Gasteiger partial charge in [-0.2, -0.15) is 0 Å². The van der Waals surface area contributed by atoms with E-state index >= 15 is 0 Å². The highest BCUT2D eigenvalue weighted by Crippen LogP contribution is 2.30. The van der Waals surface area contributed by atoms with E-state index in [0.29, 0.717) is 38.4 Å². The van der Waals surface area contributed by atoms with E-state index in [-0.39, 0.29) is 5.91 Å². The van der Waals surface area contributed by atoms with Crippen LogP contribution in [0.3, 0.4) is 0 Å². The Morgan fingerprint density at radius 2 is 1.90 bits per heavy atom. The topological polar surface area (TPSA) is 81.2 Å². The van der Waals surface area contributed by atoms with Crippen LogP contribution in [0.4, 0.5) is 5.69 Å². The fraction of sp³-hybridized carbons (Fsp3) is 0.0833. The number of para-hydroxylation sites is 1. The van der Waals surface area contributed by atoms with Crippen LogP contribution in [0.5, 0.6) is 0 Å². The van der Waals surface area contributed by atoms with Crippen LogP contribution >= 0.6 is 11.6 Å². The Morgan fingerprint density at radius 3 is 2.65 bits per heavy atom. The van der Waals surface area contributed by atoms with Crippen molar-refractivity contribution in [3.63, 3.8) is 0 Å². The SMILES string of the molecule is COC(=O)c1ccc(C)c(NC(=O)c2cc(-c3cccnc3)nc3c(Cl)cccc23)c1. The number of hydrogen-bond acceptors (Lipinski definition) is 5. The number of anilines is 1. The number of halogens is 1. The number of nitrogens with one attached hydrogen (secondary N) is 1. The van der Waals surface area contributed by atoms with Crippen molar-refractivity contribution in [1.82, 2.24) is 9.97 Å². The summed E-state index contributed by atoms with van der Waals surface area (Å²) in [5, 5.41) is 3.97. The van der Waals surface area contributed by atoms with Gasteiger partial charge in [0.05, 0.1) is 34.5 Å². The van der Waals surface area contributed by atoms with Crippen LogP contribution < -0.4 is 5.32 Å². The molecule has 154 valence electrons. The van der Waals surface area contributed by atoms with Gasteiger partial charge in [0.2, 0.25) is 0 Å². The lowest BCUT2D eigenvalue weighted by atomic mass is 10.0. The first kappa shape index (κ1) is 20.5. The second-order valence-corrected chi connectivity index (χ2v) is 7.32. The summed E-state index contributed by atoms with van der Waals surface area (Å²) in [5.41, 5.74) is 3.96. The van der Waals surface area contributed by atoms with Gasteiger partial charge in [0.15, 0.2) is 0 Å². The zero-order valence-electron chi connectivity index (χ0n) is 16.8. The van der Waals surface area contributed by atoms with E-state index in [1.807, 2.05) is 13.0 Å². The Hall–Kier alpha value is -3.77. The number of fused-ring (bicyclic) bond motifs is 1. The van der Waals surface area contributed by atoms with E-state index in [4.69, 9.17) is 16.3 Å². The van der Waals surface area contributed by atoms with Crippen LogP contribution in [0, 0.1) is 6.92 Å². The molecule has 0 unspecified atom stereocenters. The Bertz CT molecular complexity index is 1310. The van der Waals surface area contributed by atoms with Crippen LogP contribution in [0.15, 0.2) is 67.0 Å². The molecule has 4 aromatic rings. The largest absolute Gasteiger partial charge is 0.465 e. The Kier molecular flexibility index (Phi) is 5.64. The van der Waals surface area contributed by atoms with Gasteiger partial charge >= 0.3 is 5.97 Å². The summed E-state index contributed by atoms with van der Waals surface area (Å²) in [4.78, 5) is 34.0. The van der Waals surface area contributed by atoms with Gasteiger partial charge in [0.1, 0.15) is 0 Å². The number of aryl methyl sites for hydroxylation is 1. The van der Waals surface area contributed by atoms with Crippen LogP contribution in [0.2, 0.25) is 5.02 Å². The summed E-state index contributed by atoms with van der Waals surface area (Å²) in [5.74, 6) is -0.819. The molecule has 7 heteroatoms. The molecule has 31 heavy (non-hydrogen) atoms. The highest BCUT2D eigenvalue weighted by molar-refractivity contribution is 6.35. The maximum absolute atomic E-state index is 13.3. The van der Waals surface area contributed by atoms with Gasteiger partial charge in [-0.05, 0) is 48.9 Å². The van der Waals surface area contributed by atoms with E-state index < -0.39 is 5.97 Å². The monoisotopic (exact) mass is 431 g/mol. The van der Waals surface area contributed by atoms with Crippen molar-refractivity contribution in [3.8, 4) is 11.3 Å². The minimum absolute atomic E-state index is 0.343. The molecule has 0 aliphatic heterocycles. The number of carbonyl (C=O) groups is 2. The molecule has 2 heterocycles. The average Bonchev–Trinajstić information content (AvgIpc) is 2.80. The molecule has 6 nitrogen and oxygen atoms in total. The van der Waals surface area contributed by atoms with E-state index in [1.54, 1.807) is 60.9 Å². The molecular formula is C24H18ClN3O3. The summed E-state index contributed by atoms with van der Waals surface area (Å²) in [6, 6.07) is 15.7. The molecule has 0 radical (unpaired) electrons. The molecule has 0 fully saturated rings. The molecule has 2 aromatic heterocycles. The van der Waals surface area contributed by atoms with E-state index in [1.165, 1.54) is 7.11 Å². The molecule has 2 aromatic carbocycles. The van der Waals surface area contributed by atoms with Crippen LogP contribution in [0.1, 0.15) is 26.3 Å². The number of benzene rings is 2. The van der Waals surface area contributed by atoms with Gasteiger partial charge in [-0.15, -0.1) is 0 Å². The minimum atomic E-state index is -0.476. The maximum atomic E-state index is 13.3. The number of ether oxygens (including phenoxy) is 1. The fourth-order valence-electron chi connectivity index (χ4n) is 3.25. The number of methoxy groups -OCH3 is 1. The second kappa shape index (κ2) is 8.53. The Morgan fingerprint density at radius 1 is 1.06 bits per heavy atom. The molecule has 1 amide bonds. The zero-order valence-corrected chi connectivity index (χ0v) is 17.6. The Labute approximate surface area is 183 Å². The number of amides is 1. The molecule has 0 aliphatic carbocycles. The predicted molar refractivity (Wildman–Crippen MR) is 120 cm³/mol. The average molecular weight is 432 g/mol. The van der Waals surface area contributed by atoms with Crippen molar-refractivity contribution in [2.45, 2.75) is 6.92 Å². The number of hydrogen-bond donors (Lipinski definition) is 1. The first-order valence-corrected chi connectivity index (χ1v) is 9.85. The summed E-state index contributed by atoms with van der Waals surface area (Å²) >= 11 is 6.39. The normalized spacial score (nSPS) is 10.7. The first-order chi connectivity index (χ1) is 15.0. The number of aromatic nitrogens is 2. The number of esters is 1. The van der Waals surface area contributed by atoms with Crippen molar-refractivity contribution in [2.24, 2.45) is 0 Å². The van der Waals surface area contributed by atoms with Crippen molar-refractivity contribution in [3.05, 3.63) is 88.7 Å². The number of rotatable bonds is 4. The van der Waals surface area contributed by atoms with Crippen molar-refractivity contribution in [1.29, 1.82) is 0 Å². The lowest BCUT2D eigenvalue weighted by Crippen LogP contribution is -2.15. The van der Waals surface area contributed by atoms with Crippen molar-refractivity contribution < 1.29 is 14.3 Å². The lowest BCUT2D eigenvalue weighted by Gasteiger charge is -2.13. The maximum Gasteiger partial charge on any atom is 0.337 e. The van der Waals surface area contributed by atoms with Gasteiger partial charge in [-0.1, -0.05) is 29.8 Å². The van der Waals surface area contributed by atoms with Gasteiger partial charge in [0.25, 0.3) is 5.91 Å². The predicted octanol–water partition coefficient (Wildman–Crippen LogP) is 5.30.